The van der Waals surface area contributed by atoms with Gasteiger partial charge in [-0.2, -0.15) is 0 Å². The van der Waals surface area contributed by atoms with Crippen LogP contribution in [0.4, 0.5) is 0 Å². The minimum absolute atomic E-state index is 0.00943. The van der Waals surface area contributed by atoms with Crippen LogP contribution in [0.25, 0.3) is 0 Å². The number of guanidine groups is 2. The fourth-order valence-electron chi connectivity index (χ4n) is 10.6. The number of likely N-dealkylation sites (tertiary alicyclic amines) is 1. The van der Waals surface area contributed by atoms with E-state index < -0.39 is 188 Å². The van der Waals surface area contributed by atoms with Gasteiger partial charge < -0.3 is 116 Å². The number of nitrogens with zero attached hydrogens (tertiary/aromatic N) is 3. The molecule has 0 bridgehead atoms. The number of aliphatic hydroxyl groups excluding tert-OH is 6. The topological polar surface area (TPSA) is 565 Å². The molecule has 3 rings (SSSR count). The lowest BCUT2D eigenvalue weighted by atomic mass is 9.94. The van der Waals surface area contributed by atoms with Gasteiger partial charge in [0, 0.05) is 26.2 Å². The normalized spacial score (nSPS) is 25.5. The molecule has 24 N–H and O–H groups in total. The smallest absolute Gasteiger partial charge is 0.247 e. The van der Waals surface area contributed by atoms with Crippen molar-refractivity contribution in [2.45, 2.75) is 242 Å². The molecule has 0 aliphatic carbocycles. The van der Waals surface area contributed by atoms with E-state index in [2.05, 4.69) is 52.5 Å². The summed E-state index contributed by atoms with van der Waals surface area (Å²) in [5.41, 5.74) is 27.4. The molecule has 3 aliphatic heterocycles. The van der Waals surface area contributed by atoms with Gasteiger partial charge in [-0.05, 0) is 96.3 Å². The molecule has 0 aromatic carbocycles. The van der Waals surface area contributed by atoms with Crippen LogP contribution >= 0.6 is 0 Å². The molecule has 0 unspecified atom stereocenters. The molecule has 518 valence electrons. The van der Waals surface area contributed by atoms with Crippen LogP contribution in [0, 0.1) is 17.8 Å². The van der Waals surface area contributed by atoms with Crippen molar-refractivity contribution >= 4 is 71.0 Å². The lowest BCUT2D eigenvalue weighted by molar-refractivity contribution is -0.218. The summed E-state index contributed by atoms with van der Waals surface area (Å²) in [7, 11) is 0. The second-order valence-corrected chi connectivity index (χ2v) is 24.9. The molecule has 34 nitrogen and oxygen atoms in total. The number of hydrogen-bond donors (Lipinski definition) is 19. The Kier molecular flexibility index (Phi) is 32.2. The zero-order chi connectivity index (χ0) is 68.7. The first-order valence-corrected chi connectivity index (χ1v) is 31.0. The van der Waals surface area contributed by atoms with E-state index in [-0.39, 0.29) is 107 Å². The molecule has 0 radical (unpaired) electrons. The first-order valence-electron chi connectivity index (χ1n) is 31.0. The molecule has 0 aromatic rings. The van der Waals surface area contributed by atoms with Gasteiger partial charge in [0.25, 0.3) is 0 Å². The summed E-state index contributed by atoms with van der Waals surface area (Å²) < 4.78 is 11.2. The first-order chi connectivity index (χ1) is 42.5. The van der Waals surface area contributed by atoms with E-state index in [9.17, 15) is 73.8 Å². The average molecular weight is 1300 g/mol. The van der Waals surface area contributed by atoms with Crippen molar-refractivity contribution in [2.75, 3.05) is 26.2 Å². The Morgan fingerprint density at radius 2 is 0.879 bits per heavy atom. The third-order valence-electron chi connectivity index (χ3n) is 15.6. The van der Waals surface area contributed by atoms with E-state index in [1.807, 2.05) is 0 Å². The zero-order valence-electron chi connectivity index (χ0n) is 53.5. The summed E-state index contributed by atoms with van der Waals surface area (Å²) >= 11 is 0. The molecular weight excluding hydrogens is 1200 g/mol. The van der Waals surface area contributed by atoms with Crippen molar-refractivity contribution in [2.24, 2.45) is 56.4 Å². The van der Waals surface area contributed by atoms with Gasteiger partial charge in [-0.25, -0.2) is 0 Å². The van der Waals surface area contributed by atoms with Gasteiger partial charge in [0.1, 0.15) is 85.0 Å². The zero-order valence-corrected chi connectivity index (χ0v) is 53.5. The molecule has 91 heavy (non-hydrogen) atoms. The van der Waals surface area contributed by atoms with Crippen LogP contribution in [0.2, 0.25) is 0 Å². The van der Waals surface area contributed by atoms with Crippen LogP contribution in [0.5, 0.6) is 0 Å². The monoisotopic (exact) mass is 1300 g/mol. The van der Waals surface area contributed by atoms with Gasteiger partial charge in [0.2, 0.25) is 59.1 Å². The number of aliphatic hydroxyl groups is 6. The van der Waals surface area contributed by atoms with Crippen molar-refractivity contribution < 1.29 is 88.1 Å². The maximum absolute atomic E-state index is 15.1. The van der Waals surface area contributed by atoms with Gasteiger partial charge in [-0.1, -0.05) is 41.5 Å². The van der Waals surface area contributed by atoms with Gasteiger partial charge in [-0.15, -0.1) is 0 Å². The van der Waals surface area contributed by atoms with Crippen LogP contribution in [-0.4, -0.2) is 242 Å². The van der Waals surface area contributed by atoms with Crippen LogP contribution in [-0.2, 0) is 57.4 Å². The van der Waals surface area contributed by atoms with E-state index in [1.165, 1.54) is 20.8 Å². The van der Waals surface area contributed by atoms with Crippen molar-refractivity contribution in [1.29, 1.82) is 0 Å². The highest BCUT2D eigenvalue weighted by Gasteiger charge is 2.45. The molecule has 0 spiro atoms. The minimum atomic E-state index is -1.73. The number of amides is 10. The Labute approximate surface area is 529 Å². The number of rotatable bonds is 35. The van der Waals surface area contributed by atoms with E-state index in [0.717, 1.165) is 4.90 Å². The van der Waals surface area contributed by atoms with Crippen LogP contribution in [0.1, 0.15) is 133 Å². The van der Waals surface area contributed by atoms with Gasteiger partial charge in [-0.3, -0.25) is 57.9 Å². The molecule has 3 aliphatic rings. The number of hydrogen-bond acceptors (Lipinski definition) is 20. The fraction of sp³-hybridized carbons (Fsp3) is 0.789. The molecule has 0 saturated carbocycles. The Bertz CT molecular complexity index is 2520. The maximum Gasteiger partial charge on any atom is 0.247 e. The molecule has 18 atom stereocenters. The van der Waals surface area contributed by atoms with Crippen LogP contribution in [0.3, 0.4) is 0 Å². The van der Waals surface area contributed by atoms with E-state index in [1.54, 1.807) is 41.5 Å². The number of nitrogens with two attached hydrogens (primary N) is 5. The van der Waals surface area contributed by atoms with Crippen molar-refractivity contribution in [1.82, 2.24) is 47.4 Å². The highest BCUT2D eigenvalue weighted by atomic mass is 16.5. The maximum atomic E-state index is 15.1. The highest BCUT2D eigenvalue weighted by molar-refractivity contribution is 5.98. The van der Waals surface area contributed by atoms with Crippen molar-refractivity contribution in [3.63, 3.8) is 0 Å². The summed E-state index contributed by atoms with van der Waals surface area (Å²) in [6.45, 7) is 14.1. The van der Waals surface area contributed by atoms with Gasteiger partial charge >= 0.3 is 0 Å². The molecule has 3 saturated heterocycles. The number of primary amides is 1. The Balaban J connectivity index is 2.05. The van der Waals surface area contributed by atoms with Gasteiger partial charge in [0.05, 0.1) is 37.3 Å². The molecule has 34 heteroatoms. The number of nitrogens with one attached hydrogen (secondary N) is 8. The van der Waals surface area contributed by atoms with Gasteiger partial charge in [0.15, 0.2) is 11.9 Å². The second kappa shape index (κ2) is 37.4. The molecule has 10 amide bonds. The summed E-state index contributed by atoms with van der Waals surface area (Å²) in [6.07, 6.45) is -14.8. The average Bonchev–Trinajstić information content (AvgIpc) is 1.90. The Hall–Kier alpha value is -7.08. The number of carbonyl (C=O) groups excluding carboxylic acids is 10. The molecular formula is C57H102N16O18. The Morgan fingerprint density at radius 3 is 1.29 bits per heavy atom. The quantitative estimate of drug-likeness (QED) is 0.0159. The number of aliphatic imine (C=N–C) groups is 2. The third-order valence-corrected chi connectivity index (χ3v) is 15.6. The SMILES string of the molecule is CC(C)C[C@H](NC(=O)[C@H](CCCN=C(N)N)NC(=O)C[C@@H]1O[C@@H](C)[C@@H](O)[C@@H](O)[C@@H]1O)C(=O)NC[C@H](NC(=O)[C@H](CC(C)C)NC(=O)[C@H](CCCN=C(N)N)NC(=O)C[C@@H]1O[C@@H](C)[C@@H](O)[C@@H](O)[C@@H]1O)C(=O)N1CCC[C@H]1C(=O)N[C@@H](CC(C)C)C(=O)N[C@@H](C)C(N)=O. The standard InChI is InChI=1S/C57H102N16O18/c1-25(2)19-33(69-50(84)31(13-10-16-63-56(59)60)67-40(74)22-38-44(78)46(80)42(76)29(8)90-38)49(83)65-24-36(55(89)73-18-12-15-37(73)54(88)71-34(20-26(3)4)52(86)66-28(7)48(58)82)72-53(87)35(21-27(5)6)70-51(85)32(14-11-17-64-57(61)62)68-41(75)23-39-45(79)47(81)43(77)30(9)91-39/h25-39,42-47,76-81H,10-24H2,1-9H3,(H2,58,82)(H,65,83)(H,66,86)(H,67,74)(H,68,75)(H,69,84)(H,70,85)(H,71,88)(H,72,87)(H4,59,60,63)(H4,61,62,64)/t28-,29-,30-,31-,32-,33-,34-,35-,36-,37-,38-,39-,42+,43+,44+,45+,46+,47+/m0/s1. The lowest BCUT2D eigenvalue weighted by Gasteiger charge is -2.39. The summed E-state index contributed by atoms with van der Waals surface area (Å²) in [5.74, 6) is -9.70. The van der Waals surface area contributed by atoms with Crippen molar-refractivity contribution in [3.05, 3.63) is 0 Å². The lowest BCUT2D eigenvalue weighted by Crippen LogP contribution is -2.62. The number of carbonyl (C=O) groups is 10. The first kappa shape index (κ1) is 78.2. The van der Waals surface area contributed by atoms with E-state index in [4.69, 9.17) is 38.1 Å². The predicted octanol–water partition coefficient (Wildman–Crippen LogP) is -7.24. The summed E-state index contributed by atoms with van der Waals surface area (Å²) in [5, 5.41) is 83.4. The molecule has 3 fully saturated rings. The summed E-state index contributed by atoms with van der Waals surface area (Å²) in [6, 6.07) is -10.9. The highest BCUT2D eigenvalue weighted by Crippen LogP contribution is 2.25. The van der Waals surface area contributed by atoms with Crippen LogP contribution < -0.4 is 71.2 Å². The Morgan fingerprint density at radius 1 is 0.495 bits per heavy atom. The fourth-order valence-corrected chi connectivity index (χ4v) is 10.6. The predicted molar refractivity (Wildman–Crippen MR) is 328 cm³/mol. The molecule has 0 aromatic heterocycles. The van der Waals surface area contributed by atoms with Crippen molar-refractivity contribution in [3.8, 4) is 0 Å². The largest absolute Gasteiger partial charge is 0.388 e. The van der Waals surface area contributed by atoms with Crippen LogP contribution in [0.15, 0.2) is 9.98 Å². The third kappa shape index (κ3) is 25.5. The van der Waals surface area contributed by atoms with E-state index in [0.29, 0.717) is 0 Å². The van der Waals surface area contributed by atoms with E-state index >= 15 is 4.79 Å². The molecule has 3 heterocycles. The minimum Gasteiger partial charge on any atom is -0.388 e. The number of ether oxygens (including phenoxy) is 2. The summed E-state index contributed by atoms with van der Waals surface area (Å²) in [4.78, 5) is 149. The second-order valence-electron chi connectivity index (χ2n) is 24.9.